The molecule has 36 heavy (non-hydrogen) atoms. The maximum absolute atomic E-state index is 13.7. The van der Waals surface area contributed by atoms with Gasteiger partial charge in [-0.05, 0) is 48.1 Å². The molecule has 1 saturated heterocycles. The fraction of sp³-hybridized carbons (Fsp3) is 0.233. The van der Waals surface area contributed by atoms with Crippen molar-refractivity contribution in [2.45, 2.75) is 44.4 Å². The zero-order chi connectivity index (χ0) is 25.7. The third-order valence-corrected chi connectivity index (χ3v) is 7.50. The second-order valence-electron chi connectivity index (χ2n) is 9.11. The van der Waals surface area contributed by atoms with Crippen LogP contribution >= 0.6 is 11.8 Å². The van der Waals surface area contributed by atoms with Gasteiger partial charge in [-0.1, -0.05) is 98.4 Å². The third kappa shape index (κ3) is 5.53. The Labute approximate surface area is 216 Å². The predicted molar refractivity (Wildman–Crippen MR) is 145 cm³/mol. The summed E-state index contributed by atoms with van der Waals surface area (Å²) < 4.78 is 0. The molecule has 0 aliphatic carbocycles. The highest BCUT2D eigenvalue weighted by atomic mass is 32.2. The highest BCUT2D eigenvalue weighted by molar-refractivity contribution is 8.05. The lowest BCUT2D eigenvalue weighted by atomic mass is 10.0. The van der Waals surface area contributed by atoms with E-state index >= 15 is 0 Å². The van der Waals surface area contributed by atoms with E-state index in [9.17, 15) is 14.9 Å². The maximum atomic E-state index is 13.7. The van der Waals surface area contributed by atoms with Crippen molar-refractivity contribution in [3.8, 4) is 6.07 Å². The Bertz CT molecular complexity index is 1300. The summed E-state index contributed by atoms with van der Waals surface area (Å²) in [6.45, 7) is 6.10. The first-order chi connectivity index (χ1) is 17.4. The van der Waals surface area contributed by atoms with Crippen molar-refractivity contribution in [1.82, 2.24) is 5.32 Å². The zero-order valence-corrected chi connectivity index (χ0v) is 21.5. The van der Waals surface area contributed by atoms with Crippen LogP contribution in [0.3, 0.4) is 0 Å². The Kier molecular flexibility index (Phi) is 7.92. The van der Waals surface area contributed by atoms with Crippen LogP contribution in [-0.4, -0.2) is 17.1 Å². The quantitative estimate of drug-likeness (QED) is 0.317. The molecule has 2 atom stereocenters. The number of benzene rings is 3. The fourth-order valence-electron chi connectivity index (χ4n) is 4.15. The number of anilines is 1. The molecular formula is C30H29N3O2S. The van der Waals surface area contributed by atoms with Gasteiger partial charge in [-0.15, -0.1) is 0 Å². The van der Waals surface area contributed by atoms with Crippen LogP contribution in [0, 0.1) is 11.3 Å². The standard InChI is InChI=1S/C30H29N3O2S/c1-20(2)23-14-16-25(17-15-23)33-29(35)27(18-22-10-6-4-7-11-22)36-30(33)26(19-31)28(34)32-21(3)24-12-8-5-9-13-24/h4-17,20-21,27H,18H2,1-3H3,(H,32,34)/b30-26-. The number of nitrogens with zero attached hydrogens (tertiary/aromatic N) is 2. The zero-order valence-electron chi connectivity index (χ0n) is 20.6. The Balaban J connectivity index is 1.70. The van der Waals surface area contributed by atoms with Gasteiger partial charge in [0.2, 0.25) is 5.91 Å². The van der Waals surface area contributed by atoms with Crippen LogP contribution < -0.4 is 10.2 Å². The number of thioether (sulfide) groups is 1. The lowest BCUT2D eigenvalue weighted by Crippen LogP contribution is -2.32. The van der Waals surface area contributed by atoms with Gasteiger partial charge in [0.25, 0.3) is 5.91 Å². The first-order valence-electron chi connectivity index (χ1n) is 12.0. The third-order valence-electron chi connectivity index (χ3n) is 6.23. The van der Waals surface area contributed by atoms with Crippen molar-refractivity contribution in [3.05, 3.63) is 112 Å². The summed E-state index contributed by atoms with van der Waals surface area (Å²) in [5.74, 6) is -0.274. The lowest BCUT2D eigenvalue weighted by Gasteiger charge is -2.20. The second kappa shape index (κ2) is 11.3. The van der Waals surface area contributed by atoms with Crippen LogP contribution in [0.5, 0.6) is 0 Å². The first kappa shape index (κ1) is 25.3. The van der Waals surface area contributed by atoms with Crippen LogP contribution in [0.1, 0.15) is 49.4 Å². The number of rotatable bonds is 7. The van der Waals surface area contributed by atoms with Crippen molar-refractivity contribution < 1.29 is 9.59 Å². The van der Waals surface area contributed by atoms with Gasteiger partial charge in [0.05, 0.1) is 11.3 Å². The number of nitrogens with one attached hydrogen (secondary N) is 1. The molecular weight excluding hydrogens is 466 g/mol. The molecule has 182 valence electrons. The van der Waals surface area contributed by atoms with Crippen LogP contribution in [0.2, 0.25) is 0 Å². The minimum absolute atomic E-state index is 0.0559. The van der Waals surface area contributed by atoms with Crippen molar-refractivity contribution in [2.24, 2.45) is 0 Å². The minimum atomic E-state index is -0.492. The highest BCUT2D eigenvalue weighted by Gasteiger charge is 2.41. The van der Waals surface area contributed by atoms with Gasteiger partial charge in [-0.2, -0.15) is 5.26 Å². The Morgan fingerprint density at radius 2 is 1.56 bits per heavy atom. The monoisotopic (exact) mass is 495 g/mol. The van der Waals surface area contributed by atoms with Crippen LogP contribution in [0.25, 0.3) is 0 Å². The van der Waals surface area contributed by atoms with Gasteiger partial charge in [-0.3, -0.25) is 14.5 Å². The Morgan fingerprint density at radius 1 is 0.944 bits per heavy atom. The largest absolute Gasteiger partial charge is 0.345 e. The van der Waals surface area contributed by atoms with Crippen molar-refractivity contribution >= 4 is 29.3 Å². The van der Waals surface area contributed by atoms with E-state index in [1.807, 2.05) is 91.9 Å². The van der Waals surface area contributed by atoms with E-state index in [0.717, 1.165) is 16.7 Å². The number of hydrogen-bond acceptors (Lipinski definition) is 4. The van der Waals surface area contributed by atoms with Gasteiger partial charge in [0.1, 0.15) is 16.7 Å². The minimum Gasteiger partial charge on any atom is -0.345 e. The van der Waals surface area contributed by atoms with E-state index in [1.165, 1.54) is 16.7 Å². The molecule has 1 aliphatic heterocycles. The number of amides is 2. The molecule has 5 nitrogen and oxygen atoms in total. The van der Waals surface area contributed by atoms with E-state index in [4.69, 9.17) is 0 Å². The predicted octanol–water partition coefficient (Wildman–Crippen LogP) is 6.11. The van der Waals surface area contributed by atoms with Crippen LogP contribution in [-0.2, 0) is 16.0 Å². The van der Waals surface area contributed by atoms with Gasteiger partial charge in [0.15, 0.2) is 0 Å². The van der Waals surface area contributed by atoms with Crippen molar-refractivity contribution in [1.29, 1.82) is 5.26 Å². The molecule has 1 heterocycles. The van der Waals surface area contributed by atoms with Gasteiger partial charge >= 0.3 is 0 Å². The first-order valence-corrected chi connectivity index (χ1v) is 12.9. The summed E-state index contributed by atoms with van der Waals surface area (Å²) in [4.78, 5) is 28.5. The summed E-state index contributed by atoms with van der Waals surface area (Å²) >= 11 is 1.28. The number of nitriles is 1. The average molecular weight is 496 g/mol. The summed E-state index contributed by atoms with van der Waals surface area (Å²) in [5, 5.41) is 12.9. The molecule has 6 heteroatoms. The molecule has 2 amide bonds. The molecule has 1 N–H and O–H groups in total. The Morgan fingerprint density at radius 3 is 2.14 bits per heavy atom. The Hall–Kier alpha value is -3.82. The summed E-state index contributed by atoms with van der Waals surface area (Å²) in [6.07, 6.45) is 0.509. The molecule has 4 rings (SSSR count). The maximum Gasteiger partial charge on any atom is 0.265 e. The van der Waals surface area contributed by atoms with Gasteiger partial charge in [0, 0.05) is 5.69 Å². The second-order valence-corrected chi connectivity index (χ2v) is 10.3. The van der Waals surface area contributed by atoms with E-state index < -0.39 is 11.2 Å². The van der Waals surface area contributed by atoms with Gasteiger partial charge in [-0.25, -0.2) is 0 Å². The summed E-state index contributed by atoms with van der Waals surface area (Å²) in [6, 6.07) is 28.9. The molecule has 3 aromatic rings. The van der Waals surface area contributed by atoms with E-state index in [1.54, 1.807) is 0 Å². The fourth-order valence-corrected chi connectivity index (χ4v) is 5.46. The molecule has 0 bridgehead atoms. The molecule has 0 spiro atoms. The smallest absolute Gasteiger partial charge is 0.265 e. The lowest BCUT2D eigenvalue weighted by molar-refractivity contribution is -0.117. The summed E-state index contributed by atoms with van der Waals surface area (Å²) in [7, 11) is 0. The normalized spacial score (nSPS) is 17.6. The SMILES string of the molecule is CC(C)c1ccc(N2C(=O)C(Cc3ccccc3)S/C2=C(/C#N)C(=O)NC(C)c2ccccc2)cc1. The van der Waals surface area contributed by atoms with E-state index in [-0.39, 0.29) is 17.5 Å². The van der Waals surface area contributed by atoms with E-state index in [0.29, 0.717) is 23.1 Å². The van der Waals surface area contributed by atoms with Crippen LogP contribution in [0.4, 0.5) is 5.69 Å². The number of carbonyl (C=O) groups is 2. The summed E-state index contributed by atoms with van der Waals surface area (Å²) in [5.41, 5.74) is 3.71. The van der Waals surface area contributed by atoms with Crippen LogP contribution in [0.15, 0.2) is 95.5 Å². The molecule has 0 saturated carbocycles. The molecule has 1 fully saturated rings. The van der Waals surface area contributed by atoms with E-state index in [2.05, 4.69) is 25.2 Å². The molecule has 0 radical (unpaired) electrons. The number of carbonyl (C=O) groups excluding carboxylic acids is 2. The van der Waals surface area contributed by atoms with Gasteiger partial charge < -0.3 is 5.32 Å². The molecule has 2 unspecified atom stereocenters. The van der Waals surface area contributed by atoms with Crippen molar-refractivity contribution in [2.75, 3.05) is 4.90 Å². The van der Waals surface area contributed by atoms with Crippen molar-refractivity contribution in [3.63, 3.8) is 0 Å². The molecule has 1 aliphatic rings. The highest BCUT2D eigenvalue weighted by Crippen LogP contribution is 2.42. The topological polar surface area (TPSA) is 73.2 Å². The number of hydrogen-bond donors (Lipinski definition) is 1. The molecule has 3 aromatic carbocycles. The average Bonchev–Trinajstić information content (AvgIpc) is 3.20. The molecule has 0 aromatic heterocycles.